The van der Waals surface area contributed by atoms with Crippen LogP contribution >= 0.6 is 35.0 Å². The number of ether oxygens (including phenoxy) is 1. The van der Waals surface area contributed by atoms with Crippen LogP contribution in [0.3, 0.4) is 0 Å². The van der Waals surface area contributed by atoms with Gasteiger partial charge >= 0.3 is 0 Å². The monoisotopic (exact) mass is 429 g/mol. The van der Waals surface area contributed by atoms with Gasteiger partial charge in [-0.15, -0.1) is 11.8 Å². The van der Waals surface area contributed by atoms with Gasteiger partial charge in [0.15, 0.2) is 0 Å². The van der Waals surface area contributed by atoms with Crippen LogP contribution in [0, 0.1) is 0 Å². The van der Waals surface area contributed by atoms with Gasteiger partial charge in [0.05, 0.1) is 5.75 Å². The van der Waals surface area contributed by atoms with Crippen LogP contribution < -0.4 is 9.64 Å². The summed E-state index contributed by atoms with van der Waals surface area (Å²) in [6.07, 6.45) is 0. The van der Waals surface area contributed by atoms with Crippen molar-refractivity contribution in [3.05, 3.63) is 94.0 Å². The van der Waals surface area contributed by atoms with Crippen LogP contribution in [-0.2, 0) is 11.4 Å². The van der Waals surface area contributed by atoms with Crippen LogP contribution in [-0.4, -0.2) is 11.7 Å². The van der Waals surface area contributed by atoms with Crippen LogP contribution in [0.25, 0.3) is 0 Å². The number of hydrogen-bond acceptors (Lipinski definition) is 3. The Hall–Kier alpha value is -2.14. The van der Waals surface area contributed by atoms with Gasteiger partial charge in [0.2, 0.25) is 5.91 Å². The molecule has 1 amide bonds. The van der Waals surface area contributed by atoms with Crippen LogP contribution in [0.4, 0.5) is 5.69 Å². The molecule has 3 aromatic rings. The van der Waals surface area contributed by atoms with E-state index in [9.17, 15) is 4.79 Å². The summed E-state index contributed by atoms with van der Waals surface area (Å²) in [4.78, 5) is 14.4. The molecule has 28 heavy (non-hydrogen) atoms. The average molecular weight is 430 g/mol. The molecule has 4 rings (SSSR count). The zero-order valence-electron chi connectivity index (χ0n) is 14.8. The van der Waals surface area contributed by atoms with E-state index in [1.807, 2.05) is 60.7 Å². The zero-order valence-corrected chi connectivity index (χ0v) is 17.2. The summed E-state index contributed by atoms with van der Waals surface area (Å²) < 4.78 is 6.10. The number of para-hydroxylation sites is 1. The standard InChI is InChI=1S/C22H17Cl2NO2S/c23-16-9-11-17(12-10-16)25-21(26)14-28-22(25)18-6-2-4-8-20(18)27-13-15-5-1-3-7-19(15)24/h1-12,22H,13-14H2/t22-/m1/s1. The first-order valence-electron chi connectivity index (χ1n) is 8.78. The number of rotatable bonds is 5. The number of carbonyl (C=O) groups is 1. The fraction of sp³-hybridized carbons (Fsp3) is 0.136. The summed E-state index contributed by atoms with van der Waals surface area (Å²) in [6.45, 7) is 0.364. The van der Waals surface area contributed by atoms with Crippen LogP contribution in [0.5, 0.6) is 5.75 Å². The molecule has 1 atom stereocenters. The van der Waals surface area contributed by atoms with Crippen LogP contribution in [0.15, 0.2) is 72.8 Å². The van der Waals surface area contributed by atoms with E-state index in [1.165, 1.54) is 0 Å². The van der Waals surface area contributed by atoms with Gasteiger partial charge in [-0.25, -0.2) is 0 Å². The van der Waals surface area contributed by atoms with E-state index in [1.54, 1.807) is 28.8 Å². The topological polar surface area (TPSA) is 29.5 Å². The fourth-order valence-corrected chi connectivity index (χ4v) is 4.64. The summed E-state index contributed by atoms with van der Waals surface area (Å²) >= 11 is 13.8. The Morgan fingerprint density at radius 1 is 0.964 bits per heavy atom. The lowest BCUT2D eigenvalue weighted by Crippen LogP contribution is -2.28. The number of hydrogen-bond donors (Lipinski definition) is 0. The van der Waals surface area contributed by atoms with Crippen molar-refractivity contribution in [2.45, 2.75) is 12.0 Å². The van der Waals surface area contributed by atoms with Crippen molar-refractivity contribution in [1.82, 2.24) is 0 Å². The van der Waals surface area contributed by atoms with Gasteiger partial charge in [0.1, 0.15) is 17.7 Å². The Balaban J connectivity index is 1.62. The van der Waals surface area contributed by atoms with E-state index < -0.39 is 0 Å². The molecule has 6 heteroatoms. The molecule has 0 spiro atoms. The smallest absolute Gasteiger partial charge is 0.238 e. The number of carbonyl (C=O) groups excluding carboxylic acids is 1. The van der Waals surface area contributed by atoms with Crippen molar-refractivity contribution in [2.75, 3.05) is 10.7 Å². The lowest BCUT2D eigenvalue weighted by molar-refractivity contribution is -0.115. The molecule has 1 aliphatic rings. The maximum Gasteiger partial charge on any atom is 0.238 e. The highest BCUT2D eigenvalue weighted by Crippen LogP contribution is 2.45. The normalized spacial score (nSPS) is 16.4. The maximum atomic E-state index is 12.6. The van der Waals surface area contributed by atoms with Crippen LogP contribution in [0.1, 0.15) is 16.5 Å². The van der Waals surface area contributed by atoms with E-state index in [-0.39, 0.29) is 11.3 Å². The molecule has 0 bridgehead atoms. The Labute approximate surface area is 178 Å². The molecule has 1 aliphatic heterocycles. The Morgan fingerprint density at radius 3 is 2.46 bits per heavy atom. The van der Waals surface area contributed by atoms with Crippen LogP contribution in [0.2, 0.25) is 10.0 Å². The van der Waals surface area contributed by atoms with Gasteiger partial charge in [0.25, 0.3) is 0 Å². The third kappa shape index (κ3) is 4.00. The Morgan fingerprint density at radius 2 is 1.68 bits per heavy atom. The second-order valence-electron chi connectivity index (χ2n) is 6.32. The average Bonchev–Trinajstić information content (AvgIpc) is 3.09. The summed E-state index contributed by atoms with van der Waals surface area (Å²) in [5.41, 5.74) is 2.70. The first kappa shape index (κ1) is 19.2. The highest BCUT2D eigenvalue weighted by atomic mass is 35.5. The largest absolute Gasteiger partial charge is 0.488 e. The Bertz CT molecular complexity index is 994. The third-order valence-electron chi connectivity index (χ3n) is 4.50. The van der Waals surface area contributed by atoms with Gasteiger partial charge in [-0.1, -0.05) is 59.6 Å². The van der Waals surface area contributed by atoms with Crippen molar-refractivity contribution in [1.29, 1.82) is 0 Å². The molecular formula is C22H17Cl2NO2S. The van der Waals surface area contributed by atoms with Crippen molar-refractivity contribution in [3.63, 3.8) is 0 Å². The number of benzene rings is 3. The molecule has 1 heterocycles. The number of halogens is 2. The molecule has 0 saturated carbocycles. The minimum atomic E-state index is -0.156. The van der Waals surface area contributed by atoms with Crippen molar-refractivity contribution in [3.8, 4) is 5.75 Å². The van der Waals surface area contributed by atoms with Crippen molar-refractivity contribution < 1.29 is 9.53 Å². The van der Waals surface area contributed by atoms with Gasteiger partial charge in [-0.3, -0.25) is 9.69 Å². The van der Waals surface area contributed by atoms with Gasteiger partial charge in [-0.2, -0.15) is 0 Å². The third-order valence-corrected chi connectivity index (χ3v) is 6.31. The highest BCUT2D eigenvalue weighted by Gasteiger charge is 2.35. The molecule has 3 nitrogen and oxygen atoms in total. The molecule has 142 valence electrons. The fourth-order valence-electron chi connectivity index (χ4n) is 3.12. The minimum absolute atomic E-state index is 0.0678. The minimum Gasteiger partial charge on any atom is -0.488 e. The second-order valence-corrected chi connectivity index (χ2v) is 8.23. The molecular weight excluding hydrogens is 413 g/mol. The predicted octanol–water partition coefficient (Wildman–Crippen LogP) is 6.35. The van der Waals surface area contributed by atoms with E-state index in [0.717, 1.165) is 22.6 Å². The molecule has 0 aliphatic carbocycles. The highest BCUT2D eigenvalue weighted by molar-refractivity contribution is 8.00. The molecule has 1 fully saturated rings. The SMILES string of the molecule is O=C1CS[C@H](c2ccccc2OCc2ccccc2Cl)N1c1ccc(Cl)cc1. The van der Waals surface area contributed by atoms with Gasteiger partial charge in [0, 0.05) is 26.9 Å². The lowest BCUT2D eigenvalue weighted by Gasteiger charge is -2.26. The number of thioether (sulfide) groups is 1. The first-order chi connectivity index (χ1) is 13.6. The van der Waals surface area contributed by atoms with Gasteiger partial charge in [-0.05, 0) is 36.4 Å². The van der Waals surface area contributed by atoms with Crippen molar-refractivity contribution >= 4 is 46.6 Å². The van der Waals surface area contributed by atoms with Crippen molar-refractivity contribution in [2.24, 2.45) is 0 Å². The second kappa shape index (κ2) is 8.48. The van der Waals surface area contributed by atoms with E-state index in [4.69, 9.17) is 27.9 Å². The van der Waals surface area contributed by atoms with E-state index >= 15 is 0 Å². The molecule has 0 radical (unpaired) electrons. The summed E-state index contributed by atoms with van der Waals surface area (Å²) in [7, 11) is 0. The molecule has 0 N–H and O–H groups in total. The Kier molecular flexibility index (Phi) is 5.81. The molecule has 3 aromatic carbocycles. The zero-order chi connectivity index (χ0) is 19.5. The quantitative estimate of drug-likeness (QED) is 0.472. The first-order valence-corrected chi connectivity index (χ1v) is 10.6. The predicted molar refractivity (Wildman–Crippen MR) is 116 cm³/mol. The maximum absolute atomic E-state index is 12.6. The summed E-state index contributed by atoms with van der Waals surface area (Å²) in [5.74, 6) is 1.23. The number of nitrogens with zero attached hydrogens (tertiary/aromatic N) is 1. The molecule has 0 aromatic heterocycles. The van der Waals surface area contributed by atoms with E-state index in [2.05, 4.69) is 0 Å². The van der Waals surface area contributed by atoms with Gasteiger partial charge < -0.3 is 4.74 Å². The summed E-state index contributed by atoms with van der Waals surface area (Å²) in [5, 5.41) is 1.16. The molecule has 0 unspecified atom stereocenters. The lowest BCUT2D eigenvalue weighted by atomic mass is 10.1. The summed E-state index contributed by atoms with van der Waals surface area (Å²) in [6, 6.07) is 22.8. The van der Waals surface area contributed by atoms with E-state index in [0.29, 0.717) is 22.4 Å². The number of anilines is 1. The molecule has 1 saturated heterocycles. The number of amides is 1.